The smallest absolute Gasteiger partial charge is 0.329 e. The minimum absolute atomic E-state index is 0.0601. The summed E-state index contributed by atoms with van der Waals surface area (Å²) in [5.41, 5.74) is -0.345. The number of nitrogens with one attached hydrogen (secondary N) is 2. The number of carbonyl (C=O) groups is 4. The third-order valence-corrected chi connectivity index (χ3v) is 10.3. The first-order valence-corrected chi connectivity index (χ1v) is 18.2. The van der Waals surface area contributed by atoms with Crippen LogP contribution in [0, 0.1) is 5.92 Å². The Balaban J connectivity index is 1.69. The fourth-order valence-corrected chi connectivity index (χ4v) is 7.24. The second-order valence-corrected chi connectivity index (χ2v) is 14.7. The van der Waals surface area contributed by atoms with E-state index in [1.807, 2.05) is 11.5 Å². The van der Waals surface area contributed by atoms with Gasteiger partial charge in [-0.15, -0.1) is 23.1 Å². The lowest BCUT2D eigenvalue weighted by Gasteiger charge is -2.25. The van der Waals surface area contributed by atoms with Crippen LogP contribution in [0.2, 0.25) is 0 Å². The van der Waals surface area contributed by atoms with Gasteiger partial charge in [-0.2, -0.15) is 0 Å². The van der Waals surface area contributed by atoms with Gasteiger partial charge in [0.15, 0.2) is 5.12 Å². The van der Waals surface area contributed by atoms with Gasteiger partial charge < -0.3 is 15.4 Å². The molecule has 2 amide bonds. The van der Waals surface area contributed by atoms with Crippen molar-refractivity contribution >= 4 is 62.8 Å². The highest BCUT2D eigenvalue weighted by Crippen LogP contribution is 2.32. The Labute approximate surface area is 268 Å². The SMILES string of the molecule is CCCCCCCC(=O)SCCC=C[C@@H]1CC(=O)NCc2nc(cs2)C2=N[C@@](C)(CS2)C(=O)N[C@@H](CCC(C)C)C(=O)O1. The van der Waals surface area contributed by atoms with Crippen molar-refractivity contribution in [3.8, 4) is 0 Å². The number of rotatable bonds is 13. The first kappa shape index (κ1) is 35.3. The summed E-state index contributed by atoms with van der Waals surface area (Å²) in [6, 6.07) is -0.862. The van der Waals surface area contributed by atoms with Crippen LogP contribution >= 0.6 is 34.9 Å². The fraction of sp³-hybridized carbons (Fsp3) is 0.677. The summed E-state index contributed by atoms with van der Waals surface area (Å²) < 4.78 is 5.84. The Morgan fingerprint density at radius 1 is 1.23 bits per heavy atom. The predicted molar refractivity (Wildman–Crippen MR) is 176 cm³/mol. The van der Waals surface area contributed by atoms with Crippen LogP contribution in [-0.2, 0) is 30.5 Å². The molecule has 0 saturated carbocycles. The number of aliphatic imine (C=N–C) groups is 1. The number of amides is 2. The van der Waals surface area contributed by atoms with Crippen molar-refractivity contribution in [2.45, 2.75) is 116 Å². The molecule has 3 rings (SSSR count). The molecule has 12 heteroatoms. The van der Waals surface area contributed by atoms with E-state index in [0.29, 0.717) is 53.8 Å². The first-order valence-electron chi connectivity index (χ1n) is 15.4. The zero-order valence-electron chi connectivity index (χ0n) is 25.8. The van der Waals surface area contributed by atoms with Crippen LogP contribution in [-0.4, -0.2) is 62.1 Å². The van der Waals surface area contributed by atoms with Crippen LogP contribution in [0.4, 0.5) is 0 Å². The minimum atomic E-state index is -1.03. The third-order valence-electron chi connectivity index (χ3n) is 7.19. The van der Waals surface area contributed by atoms with Crippen LogP contribution in [0.3, 0.4) is 0 Å². The van der Waals surface area contributed by atoms with Crippen LogP contribution in [0.5, 0.6) is 0 Å². The number of allylic oxidation sites excluding steroid dienone is 1. The fourth-order valence-electron chi connectivity index (χ4n) is 4.54. The monoisotopic (exact) mass is 650 g/mol. The maximum atomic E-state index is 13.4. The van der Waals surface area contributed by atoms with Gasteiger partial charge in [-0.05, 0) is 44.6 Å². The van der Waals surface area contributed by atoms with Crippen molar-refractivity contribution in [3.63, 3.8) is 0 Å². The van der Waals surface area contributed by atoms with Gasteiger partial charge in [0.2, 0.25) is 11.8 Å². The topological polar surface area (TPSA) is 127 Å². The van der Waals surface area contributed by atoms with E-state index in [1.165, 1.54) is 54.1 Å². The minimum Gasteiger partial charge on any atom is -0.456 e. The summed E-state index contributed by atoms with van der Waals surface area (Å²) in [5.74, 6) is 0.202. The normalized spacial score (nSPS) is 23.3. The van der Waals surface area contributed by atoms with Gasteiger partial charge in [-0.3, -0.25) is 19.4 Å². The number of cyclic esters (lactones) is 1. The number of aromatic nitrogens is 1. The largest absolute Gasteiger partial charge is 0.456 e. The predicted octanol–water partition coefficient (Wildman–Crippen LogP) is 5.81. The van der Waals surface area contributed by atoms with E-state index in [9.17, 15) is 19.2 Å². The molecule has 43 heavy (non-hydrogen) atoms. The summed E-state index contributed by atoms with van der Waals surface area (Å²) in [6.45, 7) is 8.30. The molecule has 4 bridgehead atoms. The molecule has 3 atom stereocenters. The van der Waals surface area contributed by atoms with Crippen LogP contribution < -0.4 is 10.6 Å². The third kappa shape index (κ3) is 12.0. The van der Waals surface area contributed by atoms with Crippen molar-refractivity contribution in [1.29, 1.82) is 0 Å². The van der Waals surface area contributed by atoms with E-state index < -0.39 is 23.7 Å². The molecule has 1 aromatic rings. The lowest BCUT2D eigenvalue weighted by molar-refractivity contribution is -0.152. The molecule has 3 heterocycles. The molecular formula is C31H46N4O5S3. The lowest BCUT2D eigenvalue weighted by Crippen LogP contribution is -2.51. The van der Waals surface area contributed by atoms with Crippen molar-refractivity contribution in [2.75, 3.05) is 11.5 Å². The molecule has 2 aliphatic heterocycles. The van der Waals surface area contributed by atoms with Gasteiger partial charge in [0.1, 0.15) is 33.4 Å². The van der Waals surface area contributed by atoms with Gasteiger partial charge in [-0.1, -0.05) is 64.3 Å². The number of ether oxygens (including phenoxy) is 1. The average molecular weight is 651 g/mol. The van der Waals surface area contributed by atoms with E-state index in [1.54, 1.807) is 13.0 Å². The molecule has 0 fully saturated rings. The number of nitrogens with zero attached hydrogens (tertiary/aromatic N) is 2. The Morgan fingerprint density at radius 3 is 2.79 bits per heavy atom. The summed E-state index contributed by atoms with van der Waals surface area (Å²) in [6.07, 6.45) is 10.6. The Bertz CT molecular complexity index is 1170. The maximum absolute atomic E-state index is 13.4. The Morgan fingerprint density at radius 2 is 2.02 bits per heavy atom. The van der Waals surface area contributed by atoms with E-state index in [-0.39, 0.29) is 29.9 Å². The van der Waals surface area contributed by atoms with Crippen molar-refractivity contribution in [1.82, 2.24) is 15.6 Å². The van der Waals surface area contributed by atoms with Crippen molar-refractivity contribution in [2.24, 2.45) is 10.9 Å². The van der Waals surface area contributed by atoms with Gasteiger partial charge >= 0.3 is 5.97 Å². The zero-order valence-corrected chi connectivity index (χ0v) is 28.3. The summed E-state index contributed by atoms with van der Waals surface area (Å²) in [4.78, 5) is 61.2. The molecular weight excluding hydrogens is 605 g/mol. The highest BCUT2D eigenvalue weighted by molar-refractivity contribution is 8.14. The molecule has 0 aromatic carbocycles. The van der Waals surface area contributed by atoms with E-state index in [2.05, 4.69) is 36.4 Å². The summed E-state index contributed by atoms with van der Waals surface area (Å²) in [7, 11) is 0. The lowest BCUT2D eigenvalue weighted by atomic mass is 10.0. The number of hydrogen-bond acceptors (Lipinski definition) is 10. The van der Waals surface area contributed by atoms with E-state index >= 15 is 0 Å². The number of fused-ring (bicyclic) bond motifs is 4. The Kier molecular flexibility index (Phi) is 14.7. The molecule has 238 valence electrons. The molecule has 0 aliphatic carbocycles. The van der Waals surface area contributed by atoms with Gasteiger partial charge in [0.25, 0.3) is 0 Å². The number of thioether (sulfide) groups is 2. The Hall–Kier alpha value is -2.18. The number of thiazole rings is 1. The molecule has 9 nitrogen and oxygen atoms in total. The first-order chi connectivity index (χ1) is 20.6. The highest BCUT2D eigenvalue weighted by atomic mass is 32.2. The molecule has 1 aromatic heterocycles. The maximum Gasteiger partial charge on any atom is 0.329 e. The van der Waals surface area contributed by atoms with Crippen LogP contribution in [0.25, 0.3) is 0 Å². The van der Waals surface area contributed by atoms with Crippen LogP contribution in [0.15, 0.2) is 22.5 Å². The highest BCUT2D eigenvalue weighted by Gasteiger charge is 2.41. The standard InChI is InChI=1S/C31H46N4O5S3/c1-5-6-7-8-9-13-27(37)41-16-11-10-12-22-17-25(36)32-18-26-33-24(19-42-26)28-35-31(4,20-43-28)30(39)34-23(29(38)40-22)15-14-21(2)3/h10,12,19,21-23H,5-9,11,13-18,20H2,1-4H3,(H,32,36)(H,34,39)/t22-,23+,31+/m1/s1. The second kappa shape index (κ2) is 17.9. The van der Waals surface area contributed by atoms with E-state index in [4.69, 9.17) is 9.73 Å². The number of carbonyl (C=O) groups excluding carboxylic acids is 4. The average Bonchev–Trinajstić information content (AvgIpc) is 3.60. The molecule has 0 saturated heterocycles. The number of hydrogen-bond donors (Lipinski definition) is 2. The van der Waals surface area contributed by atoms with Gasteiger partial charge in [-0.25, -0.2) is 9.78 Å². The number of esters is 1. The second-order valence-electron chi connectivity index (χ2n) is 11.7. The summed E-state index contributed by atoms with van der Waals surface area (Å²) >= 11 is 4.20. The molecule has 0 spiro atoms. The zero-order chi connectivity index (χ0) is 31.2. The van der Waals surface area contributed by atoms with E-state index in [0.717, 1.165) is 17.8 Å². The van der Waals surface area contributed by atoms with Gasteiger partial charge in [0.05, 0.1) is 13.0 Å². The molecule has 0 unspecified atom stereocenters. The number of unbranched alkanes of at least 4 members (excludes halogenated alkanes) is 4. The van der Waals surface area contributed by atoms with Crippen molar-refractivity contribution in [3.05, 3.63) is 28.2 Å². The summed E-state index contributed by atoms with van der Waals surface area (Å²) in [5, 5.41) is 9.26. The molecule has 2 aliphatic rings. The van der Waals surface area contributed by atoms with Crippen LogP contribution in [0.1, 0.15) is 103 Å². The van der Waals surface area contributed by atoms with Gasteiger partial charge in [0, 0.05) is 23.3 Å². The quantitative estimate of drug-likeness (QED) is 0.156. The van der Waals surface area contributed by atoms with Crippen molar-refractivity contribution < 1.29 is 23.9 Å². The molecule has 0 radical (unpaired) electrons. The molecule has 2 N–H and O–H groups in total.